The minimum Gasteiger partial charge on any atom is -0.456 e. The van der Waals surface area contributed by atoms with E-state index in [1.54, 1.807) is 0 Å². The fourth-order valence-corrected chi connectivity index (χ4v) is 7.52. The van der Waals surface area contributed by atoms with Crippen LogP contribution in [0.3, 0.4) is 0 Å². The van der Waals surface area contributed by atoms with E-state index in [0.717, 1.165) is 55.5 Å². The molecule has 0 saturated carbocycles. The van der Waals surface area contributed by atoms with E-state index in [0.29, 0.717) is 0 Å². The van der Waals surface area contributed by atoms with E-state index in [-0.39, 0.29) is 0 Å². The Morgan fingerprint density at radius 1 is 0.426 bits per heavy atom. The molecule has 0 fully saturated rings. The van der Waals surface area contributed by atoms with Crippen LogP contribution in [0.1, 0.15) is 11.1 Å². The zero-order chi connectivity index (χ0) is 31.2. The summed E-state index contributed by atoms with van der Waals surface area (Å²) in [4.78, 5) is 10.6. The summed E-state index contributed by atoms with van der Waals surface area (Å²) in [7, 11) is 0. The summed E-state index contributed by atoms with van der Waals surface area (Å²) in [6, 6.07) is 47.4. The normalized spacial score (nSPS) is 12.0. The fraction of sp³-hybridized carbons (Fsp3) is 0.0455. The average molecular weight is 601 g/mol. The van der Waals surface area contributed by atoms with Crippen LogP contribution in [0.5, 0.6) is 0 Å². The minimum atomic E-state index is 0.725. The molecule has 0 aliphatic carbocycles. The first kappa shape index (κ1) is 26.2. The molecular formula is C44H28N2O. The van der Waals surface area contributed by atoms with Crippen LogP contribution in [0.4, 0.5) is 0 Å². The van der Waals surface area contributed by atoms with E-state index in [1.165, 1.54) is 54.2 Å². The highest BCUT2D eigenvalue weighted by Crippen LogP contribution is 2.44. The zero-order valence-corrected chi connectivity index (χ0v) is 26.0. The molecule has 0 unspecified atom stereocenters. The maximum atomic E-state index is 6.35. The molecule has 0 spiro atoms. The van der Waals surface area contributed by atoms with Crippen molar-refractivity contribution in [3.8, 4) is 22.6 Å². The molecular weight excluding hydrogens is 572 g/mol. The summed E-state index contributed by atoms with van der Waals surface area (Å²) < 4.78 is 6.35. The molecule has 0 aliphatic rings. The van der Waals surface area contributed by atoms with Gasteiger partial charge >= 0.3 is 0 Å². The summed E-state index contributed by atoms with van der Waals surface area (Å²) >= 11 is 0. The molecule has 0 aliphatic heterocycles. The number of para-hydroxylation sites is 1. The highest BCUT2D eigenvalue weighted by molar-refractivity contribution is 6.34. The number of hydrogen-bond donors (Lipinski definition) is 0. The molecule has 2 heterocycles. The zero-order valence-electron chi connectivity index (χ0n) is 26.0. The molecule has 2 aromatic heterocycles. The van der Waals surface area contributed by atoms with Crippen molar-refractivity contribution in [2.75, 3.05) is 0 Å². The lowest BCUT2D eigenvalue weighted by atomic mass is 9.89. The van der Waals surface area contributed by atoms with Gasteiger partial charge in [0.05, 0.1) is 11.2 Å². The van der Waals surface area contributed by atoms with E-state index < -0.39 is 0 Å². The van der Waals surface area contributed by atoms with Crippen LogP contribution in [0.2, 0.25) is 0 Å². The van der Waals surface area contributed by atoms with Gasteiger partial charge in [0, 0.05) is 38.1 Å². The molecule has 0 bridgehead atoms. The molecule has 10 rings (SSSR count). The third-order valence-electron chi connectivity index (χ3n) is 9.94. The molecule has 0 atom stereocenters. The second-order valence-electron chi connectivity index (χ2n) is 12.6. The van der Waals surface area contributed by atoms with E-state index in [2.05, 4.69) is 135 Å². The largest absolute Gasteiger partial charge is 0.456 e. The Morgan fingerprint density at radius 2 is 1.13 bits per heavy atom. The predicted molar refractivity (Wildman–Crippen MR) is 197 cm³/mol. The highest BCUT2D eigenvalue weighted by Gasteiger charge is 2.19. The van der Waals surface area contributed by atoms with Crippen LogP contribution in [0.25, 0.3) is 98.6 Å². The molecule has 220 valence electrons. The number of rotatable bonds is 2. The Balaban J connectivity index is 1.32. The van der Waals surface area contributed by atoms with Gasteiger partial charge in [0.1, 0.15) is 11.2 Å². The van der Waals surface area contributed by atoms with E-state index in [9.17, 15) is 0 Å². The van der Waals surface area contributed by atoms with Gasteiger partial charge < -0.3 is 4.42 Å². The van der Waals surface area contributed by atoms with Crippen molar-refractivity contribution in [3.05, 3.63) is 145 Å². The Labute approximate surface area is 270 Å². The van der Waals surface area contributed by atoms with Crippen LogP contribution < -0.4 is 0 Å². The van der Waals surface area contributed by atoms with Crippen molar-refractivity contribution in [1.29, 1.82) is 0 Å². The molecule has 8 aromatic carbocycles. The minimum absolute atomic E-state index is 0.725. The summed E-state index contributed by atoms with van der Waals surface area (Å²) in [5.74, 6) is 0.725. The first-order valence-electron chi connectivity index (χ1n) is 16.1. The SMILES string of the molecule is Cc1cc2c3cc(-c4nc(-c5ccccc5)c5ccc6ccccc6c5n4)ccc3c3ccc4oc5ccccc5c4c3c2cc1C. The third-order valence-corrected chi connectivity index (χ3v) is 9.94. The van der Waals surface area contributed by atoms with Gasteiger partial charge in [-0.25, -0.2) is 9.97 Å². The van der Waals surface area contributed by atoms with Gasteiger partial charge in [-0.1, -0.05) is 103 Å². The molecule has 0 amide bonds. The van der Waals surface area contributed by atoms with Crippen molar-refractivity contribution in [2.24, 2.45) is 0 Å². The summed E-state index contributed by atoms with van der Waals surface area (Å²) in [6.45, 7) is 4.40. The van der Waals surface area contributed by atoms with E-state index >= 15 is 0 Å². The second kappa shape index (κ2) is 9.72. The van der Waals surface area contributed by atoms with E-state index in [4.69, 9.17) is 14.4 Å². The van der Waals surface area contributed by atoms with Crippen LogP contribution in [0.15, 0.2) is 138 Å². The number of aromatic nitrogens is 2. The Kier molecular flexibility index (Phi) is 5.41. The summed E-state index contributed by atoms with van der Waals surface area (Å²) in [6.07, 6.45) is 0. The number of nitrogens with zero attached hydrogens (tertiary/aromatic N) is 2. The van der Waals surface area contributed by atoms with Crippen LogP contribution in [-0.4, -0.2) is 9.97 Å². The van der Waals surface area contributed by atoms with Crippen molar-refractivity contribution < 1.29 is 4.42 Å². The summed E-state index contributed by atoms with van der Waals surface area (Å²) in [5, 5.41) is 13.0. The quantitative estimate of drug-likeness (QED) is 0.185. The predicted octanol–water partition coefficient (Wildman–Crippen LogP) is 12.1. The number of benzene rings is 8. The Hall–Kier alpha value is -6.06. The second-order valence-corrected chi connectivity index (χ2v) is 12.6. The monoisotopic (exact) mass is 600 g/mol. The number of aryl methyl sites for hydroxylation is 2. The van der Waals surface area contributed by atoms with Gasteiger partial charge in [-0.15, -0.1) is 0 Å². The third kappa shape index (κ3) is 3.80. The highest BCUT2D eigenvalue weighted by atomic mass is 16.3. The topological polar surface area (TPSA) is 38.9 Å². The number of hydrogen-bond acceptors (Lipinski definition) is 3. The van der Waals surface area contributed by atoms with Gasteiger partial charge in [0.25, 0.3) is 0 Å². The van der Waals surface area contributed by atoms with Gasteiger partial charge in [0.2, 0.25) is 0 Å². The first-order chi connectivity index (χ1) is 23.1. The van der Waals surface area contributed by atoms with Crippen molar-refractivity contribution >= 4 is 75.9 Å². The van der Waals surface area contributed by atoms with Crippen molar-refractivity contribution in [3.63, 3.8) is 0 Å². The average Bonchev–Trinajstić information content (AvgIpc) is 3.51. The Bertz CT molecular complexity index is 2920. The van der Waals surface area contributed by atoms with E-state index in [1.807, 2.05) is 12.1 Å². The lowest BCUT2D eigenvalue weighted by Gasteiger charge is -2.15. The van der Waals surface area contributed by atoms with Crippen molar-refractivity contribution in [1.82, 2.24) is 9.97 Å². The van der Waals surface area contributed by atoms with Gasteiger partial charge in [0.15, 0.2) is 5.82 Å². The lowest BCUT2D eigenvalue weighted by molar-refractivity contribution is 0.669. The number of furan rings is 1. The maximum Gasteiger partial charge on any atom is 0.160 e. The van der Waals surface area contributed by atoms with Crippen LogP contribution in [0, 0.1) is 13.8 Å². The molecule has 0 saturated heterocycles. The molecule has 47 heavy (non-hydrogen) atoms. The molecule has 3 nitrogen and oxygen atoms in total. The van der Waals surface area contributed by atoms with Crippen LogP contribution >= 0.6 is 0 Å². The van der Waals surface area contributed by atoms with Crippen LogP contribution in [-0.2, 0) is 0 Å². The summed E-state index contributed by atoms with van der Waals surface area (Å²) in [5.41, 5.74) is 8.37. The molecule has 0 N–H and O–H groups in total. The molecule has 0 radical (unpaired) electrons. The lowest BCUT2D eigenvalue weighted by Crippen LogP contribution is -1.96. The van der Waals surface area contributed by atoms with Crippen molar-refractivity contribution in [2.45, 2.75) is 13.8 Å². The number of fused-ring (bicyclic) bond motifs is 13. The van der Waals surface area contributed by atoms with Gasteiger partial charge in [-0.3, -0.25) is 0 Å². The van der Waals surface area contributed by atoms with Gasteiger partial charge in [-0.2, -0.15) is 0 Å². The maximum absolute atomic E-state index is 6.35. The smallest absolute Gasteiger partial charge is 0.160 e. The Morgan fingerprint density at radius 3 is 2.00 bits per heavy atom. The molecule has 10 aromatic rings. The van der Waals surface area contributed by atoms with Gasteiger partial charge in [-0.05, 0) is 87.6 Å². The standard InChI is InChI=1S/C44H28N2O/c1-25-22-35-36-24-29(44-45-42(28-11-4-3-5-12-28)34-19-16-27-10-6-7-13-30(27)43(34)46-44)17-18-31(36)32-20-21-39-41(40(32)37(35)23-26(25)2)33-14-8-9-15-38(33)47-39/h3-24H,1-2H3. The molecule has 3 heteroatoms. The first-order valence-corrected chi connectivity index (χ1v) is 16.1. The fourth-order valence-electron chi connectivity index (χ4n) is 7.52.